The van der Waals surface area contributed by atoms with Crippen LogP contribution in [0.3, 0.4) is 0 Å². The smallest absolute Gasteiger partial charge is 0.377 e. The summed E-state index contributed by atoms with van der Waals surface area (Å²) in [5, 5.41) is 12.6. The molecule has 2 aromatic carbocycles. The Morgan fingerprint density at radius 3 is 3.00 bits per heavy atom. The summed E-state index contributed by atoms with van der Waals surface area (Å²) in [5.41, 5.74) is 2.11. The van der Waals surface area contributed by atoms with Gasteiger partial charge in [-0.1, -0.05) is 28.1 Å². The lowest BCUT2D eigenvalue weighted by molar-refractivity contribution is 0.211. The van der Waals surface area contributed by atoms with Crippen molar-refractivity contribution in [3.8, 4) is 0 Å². The predicted molar refractivity (Wildman–Crippen MR) is 101 cm³/mol. The van der Waals surface area contributed by atoms with Gasteiger partial charge in [0.2, 0.25) is 0 Å². The maximum absolute atomic E-state index is 10.3. The Kier molecular flexibility index (Phi) is 3.31. The highest BCUT2D eigenvalue weighted by molar-refractivity contribution is 9.10. The first-order valence-electron chi connectivity index (χ1n) is 8.65. The van der Waals surface area contributed by atoms with Gasteiger partial charge in [0.25, 0.3) is 0 Å². The quantitative estimate of drug-likeness (QED) is 0.654. The molecule has 0 spiro atoms. The zero-order chi connectivity index (χ0) is 16.4. The number of H-pyrrole nitrogens is 1. The minimum Gasteiger partial charge on any atom is -0.437 e. The topological polar surface area (TPSA) is 52.1 Å². The van der Waals surface area contributed by atoms with Gasteiger partial charge in [0.15, 0.2) is 0 Å². The van der Waals surface area contributed by atoms with E-state index in [9.17, 15) is 5.02 Å². The van der Waals surface area contributed by atoms with Crippen molar-refractivity contribution in [2.75, 3.05) is 0 Å². The maximum Gasteiger partial charge on any atom is 0.377 e. The molecule has 2 heterocycles. The third kappa shape index (κ3) is 2.09. The van der Waals surface area contributed by atoms with Crippen LogP contribution >= 0.6 is 15.9 Å². The molecule has 2 N–H and O–H groups in total. The molecule has 0 radical (unpaired) electrons. The number of nitrogens with one attached hydrogen (secondary N) is 1. The van der Waals surface area contributed by atoms with Crippen LogP contribution in [0.4, 0.5) is 0 Å². The Labute approximate surface area is 149 Å². The van der Waals surface area contributed by atoms with Crippen molar-refractivity contribution >= 4 is 44.8 Å². The number of imidazole rings is 1. The minimum absolute atomic E-state index is 0.210. The summed E-state index contributed by atoms with van der Waals surface area (Å²) < 4.78 is 1.08. The van der Waals surface area contributed by atoms with Crippen LogP contribution < -0.4 is 0 Å². The lowest BCUT2D eigenvalue weighted by atomic mass is 9.79. The minimum atomic E-state index is -0.425. The van der Waals surface area contributed by atoms with Crippen LogP contribution in [0.2, 0.25) is 6.82 Å². The second-order valence-corrected chi connectivity index (χ2v) is 8.12. The molecule has 5 rings (SSSR count). The highest BCUT2D eigenvalue weighted by atomic mass is 79.9. The van der Waals surface area contributed by atoms with Gasteiger partial charge < -0.3 is 14.8 Å². The predicted octanol–water partition coefficient (Wildman–Crippen LogP) is 4.11. The van der Waals surface area contributed by atoms with Gasteiger partial charge in [0, 0.05) is 15.9 Å². The number of rotatable bonds is 2. The molecule has 1 aliphatic carbocycles. The Hall–Kier alpha value is -1.37. The van der Waals surface area contributed by atoms with E-state index in [0.717, 1.165) is 21.3 Å². The first kappa shape index (κ1) is 14.9. The molecule has 1 saturated carbocycles. The van der Waals surface area contributed by atoms with E-state index >= 15 is 0 Å². The third-order valence-electron chi connectivity index (χ3n) is 5.79. The van der Waals surface area contributed by atoms with E-state index in [-0.39, 0.29) is 6.04 Å². The second-order valence-electron chi connectivity index (χ2n) is 7.20. The second kappa shape index (κ2) is 5.31. The molecule has 1 aromatic heterocycles. The molecule has 122 valence electrons. The number of fused-ring (bicyclic) bond motifs is 5. The number of hydrogen-bond acceptors (Lipinski definition) is 3. The van der Waals surface area contributed by atoms with Gasteiger partial charge in [-0.2, -0.15) is 0 Å². The molecule has 0 amide bonds. The van der Waals surface area contributed by atoms with E-state index in [0.29, 0.717) is 12.0 Å². The number of nitrogens with zero attached hydrogens (tertiary/aromatic N) is 2. The van der Waals surface area contributed by atoms with E-state index < -0.39 is 7.05 Å². The van der Waals surface area contributed by atoms with Gasteiger partial charge >= 0.3 is 7.05 Å². The van der Waals surface area contributed by atoms with Crippen LogP contribution in [0.25, 0.3) is 21.8 Å². The Morgan fingerprint density at radius 1 is 1.29 bits per heavy atom. The highest BCUT2D eigenvalue weighted by Gasteiger charge is 2.49. The van der Waals surface area contributed by atoms with Crippen molar-refractivity contribution < 1.29 is 5.02 Å². The largest absolute Gasteiger partial charge is 0.437 e. The molecule has 2 bridgehead atoms. The van der Waals surface area contributed by atoms with Crippen LogP contribution in [-0.2, 0) is 0 Å². The van der Waals surface area contributed by atoms with Crippen molar-refractivity contribution in [2.24, 2.45) is 5.92 Å². The lowest BCUT2D eigenvalue weighted by Crippen LogP contribution is -2.44. The molecule has 3 atom stereocenters. The third-order valence-corrected chi connectivity index (χ3v) is 6.29. The van der Waals surface area contributed by atoms with Crippen molar-refractivity contribution in [3.05, 3.63) is 40.6 Å². The summed E-state index contributed by atoms with van der Waals surface area (Å²) >= 11 is 3.54. The van der Waals surface area contributed by atoms with E-state index in [1.165, 1.54) is 30.0 Å². The fourth-order valence-corrected chi connectivity index (χ4v) is 5.23. The number of hydrogen-bond donors (Lipinski definition) is 2. The molecule has 2 fully saturated rings. The SMILES string of the molecule is CB(O)N1[C@H]2CC[C@H](C2)[C@H]1c1nc2c(ccc3cc(Br)ccc32)[nH]1. The fourth-order valence-electron chi connectivity index (χ4n) is 4.85. The van der Waals surface area contributed by atoms with Crippen molar-refractivity contribution in [1.29, 1.82) is 0 Å². The van der Waals surface area contributed by atoms with E-state index in [2.05, 4.69) is 56.1 Å². The van der Waals surface area contributed by atoms with Crippen LogP contribution in [0.1, 0.15) is 31.1 Å². The molecule has 1 saturated heterocycles. The molecule has 2 aliphatic rings. The number of aromatic nitrogens is 2. The Bertz CT molecular complexity index is 941. The summed E-state index contributed by atoms with van der Waals surface area (Å²) in [7, 11) is -0.425. The molecule has 6 heteroatoms. The normalized spacial score (nSPS) is 26.7. The standard InChI is InChI=1S/C18H19BBrN3O/c1-19(24)23-13-5-2-11(9-13)17(23)18-21-15-7-3-10-8-12(20)4-6-14(10)16(15)22-18/h3-4,6-8,11,13,17,24H,2,5,9H2,1H3,(H,21,22)/t11-,13+,17+/m1/s1. The van der Waals surface area contributed by atoms with Crippen molar-refractivity contribution in [1.82, 2.24) is 14.8 Å². The first-order chi connectivity index (χ1) is 11.6. The van der Waals surface area contributed by atoms with Gasteiger partial charge in [0.05, 0.1) is 17.1 Å². The molecular formula is C18H19BBrN3O. The van der Waals surface area contributed by atoms with Crippen molar-refractivity contribution in [2.45, 2.75) is 38.2 Å². The number of benzene rings is 2. The summed E-state index contributed by atoms with van der Waals surface area (Å²) in [6.45, 7) is 1.88. The molecule has 24 heavy (non-hydrogen) atoms. The molecular weight excluding hydrogens is 365 g/mol. The Balaban J connectivity index is 1.66. The summed E-state index contributed by atoms with van der Waals surface area (Å²) in [6.07, 6.45) is 3.62. The van der Waals surface area contributed by atoms with E-state index in [1.54, 1.807) is 0 Å². The monoisotopic (exact) mass is 383 g/mol. The molecule has 1 aliphatic heterocycles. The number of aromatic amines is 1. The zero-order valence-electron chi connectivity index (χ0n) is 13.5. The number of piperidine rings is 1. The summed E-state index contributed by atoms with van der Waals surface area (Å²) in [4.78, 5) is 10.8. The first-order valence-corrected chi connectivity index (χ1v) is 9.44. The average Bonchev–Trinajstić information content (AvgIpc) is 3.27. The van der Waals surface area contributed by atoms with Gasteiger partial charge in [-0.3, -0.25) is 0 Å². The van der Waals surface area contributed by atoms with Gasteiger partial charge in [-0.05, 0) is 55.6 Å². The lowest BCUT2D eigenvalue weighted by Gasteiger charge is -2.34. The van der Waals surface area contributed by atoms with Crippen LogP contribution in [0, 0.1) is 5.92 Å². The molecule has 0 unspecified atom stereocenters. The van der Waals surface area contributed by atoms with E-state index in [1.807, 2.05) is 6.82 Å². The van der Waals surface area contributed by atoms with Crippen LogP contribution in [0.15, 0.2) is 34.8 Å². The molecule has 3 aromatic rings. The zero-order valence-corrected chi connectivity index (χ0v) is 15.1. The highest BCUT2D eigenvalue weighted by Crippen LogP contribution is 2.50. The maximum atomic E-state index is 10.3. The summed E-state index contributed by atoms with van der Waals surface area (Å²) in [5.74, 6) is 1.61. The van der Waals surface area contributed by atoms with Crippen LogP contribution in [0.5, 0.6) is 0 Å². The van der Waals surface area contributed by atoms with Gasteiger partial charge in [-0.15, -0.1) is 0 Å². The van der Waals surface area contributed by atoms with Crippen molar-refractivity contribution in [3.63, 3.8) is 0 Å². The Morgan fingerprint density at radius 2 is 2.17 bits per heavy atom. The van der Waals surface area contributed by atoms with E-state index in [4.69, 9.17) is 4.98 Å². The summed E-state index contributed by atoms with van der Waals surface area (Å²) in [6, 6.07) is 11.3. The van der Waals surface area contributed by atoms with Crippen LogP contribution in [-0.4, -0.2) is 32.9 Å². The molecule has 4 nitrogen and oxygen atoms in total. The number of halogens is 1. The van der Waals surface area contributed by atoms with Gasteiger partial charge in [-0.25, -0.2) is 4.98 Å². The fraction of sp³-hybridized carbons (Fsp3) is 0.389. The average molecular weight is 384 g/mol. The van der Waals surface area contributed by atoms with Gasteiger partial charge in [0.1, 0.15) is 5.82 Å².